The van der Waals surface area contributed by atoms with Crippen LogP contribution in [0, 0.1) is 11.3 Å². The SMILES string of the molecule is CC(C)n1cc(C=O)c(-c2ccc(C#N)cc2Cl)n1. The molecule has 0 unspecified atom stereocenters. The second-order valence-electron chi connectivity index (χ2n) is 4.43. The molecular weight excluding hydrogens is 262 g/mol. The Balaban J connectivity index is 2.58. The van der Waals surface area contributed by atoms with Crippen LogP contribution in [0.1, 0.15) is 35.8 Å². The van der Waals surface area contributed by atoms with Gasteiger partial charge in [-0.2, -0.15) is 10.4 Å². The summed E-state index contributed by atoms with van der Waals surface area (Å²) in [6, 6.07) is 7.11. The molecule has 0 amide bonds. The molecule has 19 heavy (non-hydrogen) atoms. The fourth-order valence-electron chi connectivity index (χ4n) is 1.74. The lowest BCUT2D eigenvalue weighted by Crippen LogP contribution is -2.00. The van der Waals surface area contributed by atoms with Gasteiger partial charge in [0.25, 0.3) is 0 Å². The molecule has 0 radical (unpaired) electrons. The normalized spacial score (nSPS) is 10.5. The third kappa shape index (κ3) is 2.51. The maximum Gasteiger partial charge on any atom is 0.153 e. The average molecular weight is 274 g/mol. The van der Waals surface area contributed by atoms with Crippen molar-refractivity contribution in [3.05, 3.63) is 40.5 Å². The first-order chi connectivity index (χ1) is 9.06. The molecule has 1 aromatic heterocycles. The van der Waals surface area contributed by atoms with Crippen LogP contribution in [0.15, 0.2) is 24.4 Å². The molecule has 1 heterocycles. The molecule has 0 bridgehead atoms. The molecule has 1 aromatic carbocycles. The van der Waals surface area contributed by atoms with E-state index >= 15 is 0 Å². The number of hydrogen-bond donors (Lipinski definition) is 0. The van der Waals surface area contributed by atoms with E-state index in [2.05, 4.69) is 5.10 Å². The Kier molecular flexibility index (Phi) is 3.68. The van der Waals surface area contributed by atoms with Crippen LogP contribution >= 0.6 is 11.6 Å². The molecule has 0 aliphatic rings. The van der Waals surface area contributed by atoms with Gasteiger partial charge in [0, 0.05) is 17.8 Å². The number of halogens is 1. The summed E-state index contributed by atoms with van der Waals surface area (Å²) in [6.07, 6.45) is 2.46. The molecule has 0 aliphatic heterocycles. The standard InChI is InChI=1S/C14H12ClN3O/c1-9(2)18-7-11(8-19)14(17-18)12-4-3-10(6-16)5-13(12)15/h3-5,7-9H,1-2H3. The number of aromatic nitrogens is 2. The van der Waals surface area contributed by atoms with Gasteiger partial charge in [-0.3, -0.25) is 9.48 Å². The van der Waals surface area contributed by atoms with E-state index in [9.17, 15) is 4.79 Å². The zero-order valence-corrected chi connectivity index (χ0v) is 11.3. The molecule has 2 aromatic rings. The van der Waals surface area contributed by atoms with Crippen molar-refractivity contribution in [3.8, 4) is 17.3 Å². The predicted octanol–water partition coefficient (Wildman–Crippen LogP) is 3.47. The summed E-state index contributed by atoms with van der Waals surface area (Å²) >= 11 is 6.14. The van der Waals surface area contributed by atoms with Crippen molar-refractivity contribution in [1.29, 1.82) is 5.26 Å². The molecule has 0 saturated heterocycles. The van der Waals surface area contributed by atoms with E-state index in [4.69, 9.17) is 16.9 Å². The number of carbonyl (C=O) groups excluding carboxylic acids is 1. The van der Waals surface area contributed by atoms with Crippen molar-refractivity contribution in [1.82, 2.24) is 9.78 Å². The third-order valence-electron chi connectivity index (χ3n) is 2.77. The number of hydrogen-bond acceptors (Lipinski definition) is 3. The Morgan fingerprint density at radius 2 is 2.21 bits per heavy atom. The molecule has 5 heteroatoms. The lowest BCUT2D eigenvalue weighted by molar-refractivity contribution is 0.112. The second-order valence-corrected chi connectivity index (χ2v) is 4.84. The molecule has 2 rings (SSSR count). The van der Waals surface area contributed by atoms with Gasteiger partial charge in [0.05, 0.1) is 22.2 Å². The van der Waals surface area contributed by atoms with E-state index in [1.165, 1.54) is 0 Å². The van der Waals surface area contributed by atoms with Gasteiger partial charge in [0.1, 0.15) is 5.69 Å². The summed E-state index contributed by atoms with van der Waals surface area (Å²) in [5, 5.41) is 13.6. The molecule has 0 saturated carbocycles. The fourth-order valence-corrected chi connectivity index (χ4v) is 2.01. The van der Waals surface area contributed by atoms with Crippen LogP contribution in [-0.2, 0) is 0 Å². The fraction of sp³-hybridized carbons (Fsp3) is 0.214. The van der Waals surface area contributed by atoms with E-state index in [0.29, 0.717) is 27.4 Å². The molecule has 4 nitrogen and oxygen atoms in total. The van der Waals surface area contributed by atoms with Crippen LogP contribution in [0.25, 0.3) is 11.3 Å². The lowest BCUT2D eigenvalue weighted by Gasteiger charge is -2.04. The number of rotatable bonds is 3. The summed E-state index contributed by atoms with van der Waals surface area (Å²) in [4.78, 5) is 11.1. The van der Waals surface area contributed by atoms with Crippen molar-refractivity contribution in [2.45, 2.75) is 19.9 Å². The highest BCUT2D eigenvalue weighted by Crippen LogP contribution is 2.30. The first-order valence-electron chi connectivity index (χ1n) is 5.81. The van der Waals surface area contributed by atoms with Crippen molar-refractivity contribution >= 4 is 17.9 Å². The van der Waals surface area contributed by atoms with E-state index in [-0.39, 0.29) is 6.04 Å². The number of benzene rings is 1. The highest BCUT2D eigenvalue weighted by atomic mass is 35.5. The van der Waals surface area contributed by atoms with Crippen molar-refractivity contribution in [2.24, 2.45) is 0 Å². The first kappa shape index (κ1) is 13.3. The van der Waals surface area contributed by atoms with Gasteiger partial charge in [-0.25, -0.2) is 0 Å². The van der Waals surface area contributed by atoms with Crippen LogP contribution in [0.3, 0.4) is 0 Å². The molecule has 0 aliphatic carbocycles. The molecule has 96 valence electrons. The number of nitriles is 1. The molecule has 0 fully saturated rings. The van der Waals surface area contributed by atoms with Crippen molar-refractivity contribution in [3.63, 3.8) is 0 Å². The predicted molar refractivity (Wildman–Crippen MR) is 73.2 cm³/mol. The van der Waals surface area contributed by atoms with Crippen LogP contribution in [0.4, 0.5) is 0 Å². The Morgan fingerprint density at radius 3 is 2.74 bits per heavy atom. The summed E-state index contributed by atoms with van der Waals surface area (Å²) in [7, 11) is 0. The Bertz CT molecular complexity index is 668. The van der Waals surface area contributed by atoms with E-state index in [1.807, 2.05) is 19.9 Å². The zero-order valence-electron chi connectivity index (χ0n) is 10.6. The lowest BCUT2D eigenvalue weighted by atomic mass is 10.1. The van der Waals surface area contributed by atoms with Gasteiger partial charge in [0.2, 0.25) is 0 Å². The Morgan fingerprint density at radius 1 is 1.47 bits per heavy atom. The zero-order chi connectivity index (χ0) is 14.0. The minimum absolute atomic E-state index is 0.157. The second kappa shape index (κ2) is 5.25. The summed E-state index contributed by atoms with van der Waals surface area (Å²) < 4.78 is 1.72. The van der Waals surface area contributed by atoms with Crippen LogP contribution in [0.2, 0.25) is 5.02 Å². The number of nitrogens with zero attached hydrogens (tertiary/aromatic N) is 3. The number of carbonyl (C=O) groups is 1. The highest BCUT2D eigenvalue weighted by molar-refractivity contribution is 6.33. The third-order valence-corrected chi connectivity index (χ3v) is 3.08. The minimum Gasteiger partial charge on any atom is -0.298 e. The molecule has 0 spiro atoms. The van der Waals surface area contributed by atoms with Gasteiger partial charge >= 0.3 is 0 Å². The van der Waals surface area contributed by atoms with E-state index in [0.717, 1.165) is 6.29 Å². The van der Waals surface area contributed by atoms with Crippen LogP contribution in [0.5, 0.6) is 0 Å². The molecule has 0 N–H and O–H groups in total. The largest absolute Gasteiger partial charge is 0.298 e. The topological polar surface area (TPSA) is 58.7 Å². The minimum atomic E-state index is 0.157. The van der Waals surface area contributed by atoms with Crippen molar-refractivity contribution in [2.75, 3.05) is 0 Å². The van der Waals surface area contributed by atoms with Gasteiger partial charge in [0.15, 0.2) is 6.29 Å². The van der Waals surface area contributed by atoms with Gasteiger partial charge in [-0.1, -0.05) is 11.6 Å². The van der Waals surface area contributed by atoms with Gasteiger partial charge < -0.3 is 0 Å². The number of aldehydes is 1. The van der Waals surface area contributed by atoms with Crippen molar-refractivity contribution < 1.29 is 4.79 Å². The highest BCUT2D eigenvalue weighted by Gasteiger charge is 2.15. The maximum absolute atomic E-state index is 11.1. The smallest absolute Gasteiger partial charge is 0.153 e. The molecule has 0 atom stereocenters. The summed E-state index contributed by atoms with van der Waals surface area (Å²) in [5.74, 6) is 0. The monoisotopic (exact) mass is 273 g/mol. The van der Waals surface area contributed by atoms with Crippen LogP contribution < -0.4 is 0 Å². The van der Waals surface area contributed by atoms with Gasteiger partial charge in [-0.05, 0) is 32.0 Å². The van der Waals surface area contributed by atoms with E-state index in [1.54, 1.807) is 29.1 Å². The first-order valence-corrected chi connectivity index (χ1v) is 6.19. The van der Waals surface area contributed by atoms with Gasteiger partial charge in [-0.15, -0.1) is 0 Å². The summed E-state index contributed by atoms with van der Waals surface area (Å²) in [5.41, 5.74) is 2.16. The average Bonchev–Trinajstić information content (AvgIpc) is 2.82. The maximum atomic E-state index is 11.1. The van der Waals surface area contributed by atoms with Crippen LogP contribution in [-0.4, -0.2) is 16.1 Å². The Hall–Kier alpha value is -2.12. The summed E-state index contributed by atoms with van der Waals surface area (Å²) in [6.45, 7) is 3.96. The molecular formula is C14H12ClN3O. The quantitative estimate of drug-likeness (QED) is 0.805. The van der Waals surface area contributed by atoms with E-state index < -0.39 is 0 Å². The Labute approximate surface area is 116 Å².